The van der Waals surface area contributed by atoms with Gasteiger partial charge < -0.3 is 24.8 Å². The summed E-state index contributed by atoms with van der Waals surface area (Å²) in [4.78, 5) is 0. The molecule has 48 heavy (non-hydrogen) atoms. The standard InChI is InChI=1S/C21H25.C13H10.C11H9.2ClH.Zr/c1-20(2,3)16-9-7-14-11-15-8-10-17(21(4,5)6)13-19(15)18(14)12-16;1-3-7-12(8-4-1)11-13-9-5-2-6-10-13;1-2-6-10(7-3-1)11-8-4-5-9-11;;;/h7,9-10,12-13H,11H2,1-6H3;1-10H;1-3,6-9H,4H2;2*1H;/q;;;;;+2/p-2. The summed E-state index contributed by atoms with van der Waals surface area (Å²) in [6.07, 6.45) is 7.10. The minimum atomic E-state index is -2.84. The Hall–Kier alpha value is -3.09. The predicted octanol–water partition coefficient (Wildman–Crippen LogP) is 4.74. The van der Waals surface area contributed by atoms with Gasteiger partial charge in [-0.2, -0.15) is 0 Å². The van der Waals surface area contributed by atoms with E-state index in [-0.39, 0.29) is 35.6 Å². The van der Waals surface area contributed by atoms with Gasteiger partial charge in [-0.25, -0.2) is 0 Å². The van der Waals surface area contributed by atoms with E-state index >= 15 is 0 Å². The topological polar surface area (TPSA) is 0 Å². The van der Waals surface area contributed by atoms with E-state index in [0.717, 1.165) is 12.8 Å². The molecule has 0 atom stereocenters. The maximum Gasteiger partial charge on any atom is -1.00 e. The average Bonchev–Trinajstić information content (AvgIpc) is 3.69. The zero-order chi connectivity index (χ0) is 32.1. The molecule has 0 nitrogen and oxygen atoms in total. The Morgan fingerprint density at radius 3 is 1.69 bits per heavy atom. The van der Waals surface area contributed by atoms with Gasteiger partial charge in [-0.15, -0.1) is 0 Å². The van der Waals surface area contributed by atoms with E-state index in [9.17, 15) is 0 Å². The van der Waals surface area contributed by atoms with E-state index in [1.165, 1.54) is 50.1 Å². The fraction of sp³-hybridized carbons (Fsp3) is 0.222. The van der Waals surface area contributed by atoms with Crippen LogP contribution >= 0.6 is 0 Å². The molecule has 3 heteroatoms. The van der Waals surface area contributed by atoms with Crippen LogP contribution in [0.4, 0.5) is 0 Å². The molecule has 0 spiro atoms. The maximum absolute atomic E-state index is 2.84. The van der Waals surface area contributed by atoms with Crippen LogP contribution in [0.15, 0.2) is 137 Å². The number of hydrogen-bond acceptors (Lipinski definition) is 0. The monoisotopic (exact) mass is 744 g/mol. The van der Waals surface area contributed by atoms with Crippen LogP contribution in [-0.2, 0) is 38.5 Å². The number of rotatable bonds is 5. The molecule has 242 valence electrons. The summed E-state index contributed by atoms with van der Waals surface area (Å²) in [6, 6.07) is 46.0. The number of fused-ring (bicyclic) bond motifs is 3. The van der Waals surface area contributed by atoms with E-state index in [2.05, 4.69) is 175 Å². The SMILES string of the molecule is CC(C)(C)c1ccc2c(c1)-c1cc(C(C)(C)C)c[c]([Zr+2]([C]3=CC(c4ccccc4)=CC3)=[C](c3ccccc3)c3ccccc3)c1C2.[Cl-].[Cl-]. The zero-order valence-electron chi connectivity index (χ0n) is 28.9. The molecule has 0 heterocycles. The van der Waals surface area contributed by atoms with E-state index < -0.39 is 21.3 Å². The Labute approximate surface area is 308 Å². The van der Waals surface area contributed by atoms with Gasteiger partial charge in [-0.1, -0.05) is 0 Å². The second-order valence-electron chi connectivity index (χ2n) is 15.0. The van der Waals surface area contributed by atoms with Crippen LogP contribution in [0.1, 0.15) is 86.9 Å². The third-order valence-corrected chi connectivity index (χ3v) is 17.2. The summed E-state index contributed by atoms with van der Waals surface area (Å²) in [7, 11) is 0. The molecule has 0 aliphatic heterocycles. The van der Waals surface area contributed by atoms with Crippen molar-refractivity contribution in [1.82, 2.24) is 0 Å². The Morgan fingerprint density at radius 2 is 1.12 bits per heavy atom. The van der Waals surface area contributed by atoms with Crippen molar-refractivity contribution in [1.29, 1.82) is 0 Å². The Morgan fingerprint density at radius 1 is 0.583 bits per heavy atom. The summed E-state index contributed by atoms with van der Waals surface area (Å²) in [5.74, 6) is 0. The van der Waals surface area contributed by atoms with Gasteiger partial charge in [-0.05, 0) is 0 Å². The molecule has 5 aromatic carbocycles. The largest absolute Gasteiger partial charge is 1.00 e. The van der Waals surface area contributed by atoms with E-state index in [1.807, 2.05) is 0 Å². The van der Waals surface area contributed by atoms with E-state index in [4.69, 9.17) is 0 Å². The van der Waals surface area contributed by atoms with Crippen molar-refractivity contribution in [2.75, 3.05) is 0 Å². The predicted molar refractivity (Wildman–Crippen MR) is 195 cm³/mol. The smallest absolute Gasteiger partial charge is 1.00 e. The van der Waals surface area contributed by atoms with Crippen LogP contribution in [0.3, 0.4) is 0 Å². The summed E-state index contributed by atoms with van der Waals surface area (Å²) >= 11 is -2.84. The van der Waals surface area contributed by atoms with Crippen LogP contribution in [0.5, 0.6) is 0 Å². The first kappa shape index (κ1) is 36.2. The third-order valence-electron chi connectivity index (χ3n) is 9.69. The fourth-order valence-electron chi connectivity index (χ4n) is 7.06. The molecule has 2 aliphatic carbocycles. The van der Waals surface area contributed by atoms with Gasteiger partial charge in [0, 0.05) is 0 Å². The second-order valence-corrected chi connectivity index (χ2v) is 21.0. The van der Waals surface area contributed by atoms with Crippen molar-refractivity contribution < 1.29 is 46.1 Å². The number of hydrogen-bond donors (Lipinski definition) is 0. The second kappa shape index (κ2) is 14.4. The van der Waals surface area contributed by atoms with Crippen LogP contribution < -0.4 is 28.1 Å². The molecule has 5 aromatic rings. The number of allylic oxidation sites excluding steroid dienone is 4. The van der Waals surface area contributed by atoms with Crippen molar-refractivity contribution in [3.05, 3.63) is 176 Å². The van der Waals surface area contributed by atoms with Crippen molar-refractivity contribution in [2.24, 2.45) is 0 Å². The summed E-state index contributed by atoms with van der Waals surface area (Å²) in [5.41, 5.74) is 14.4. The van der Waals surface area contributed by atoms with Crippen LogP contribution in [0.2, 0.25) is 0 Å². The maximum atomic E-state index is 2.65. The average molecular weight is 747 g/mol. The molecule has 0 N–H and O–H groups in total. The minimum absolute atomic E-state index is 0. The van der Waals surface area contributed by atoms with Gasteiger partial charge >= 0.3 is 285 Å². The van der Waals surface area contributed by atoms with E-state index in [1.54, 1.807) is 15.3 Å². The van der Waals surface area contributed by atoms with Gasteiger partial charge in [0.2, 0.25) is 0 Å². The van der Waals surface area contributed by atoms with Gasteiger partial charge in [0.25, 0.3) is 0 Å². The van der Waals surface area contributed by atoms with Crippen LogP contribution in [-0.4, -0.2) is 3.21 Å². The number of halogens is 2. The molecular weight excluding hydrogens is 703 g/mol. The first-order valence-corrected chi connectivity index (χ1v) is 20.4. The summed E-state index contributed by atoms with van der Waals surface area (Å²) < 4.78 is 4.88. The molecule has 0 saturated carbocycles. The van der Waals surface area contributed by atoms with Gasteiger partial charge in [0.1, 0.15) is 0 Å². The summed E-state index contributed by atoms with van der Waals surface area (Å²) in [6.45, 7) is 14.1. The minimum Gasteiger partial charge on any atom is -1.00 e. The Bertz CT molecular complexity index is 1980. The first-order valence-electron chi connectivity index (χ1n) is 16.7. The third kappa shape index (κ3) is 7.12. The molecule has 0 radical (unpaired) electrons. The van der Waals surface area contributed by atoms with Gasteiger partial charge in [-0.3, -0.25) is 0 Å². The molecule has 7 rings (SSSR count). The number of benzene rings is 5. The van der Waals surface area contributed by atoms with E-state index in [0.29, 0.717) is 0 Å². The van der Waals surface area contributed by atoms with Crippen molar-refractivity contribution in [3.63, 3.8) is 0 Å². The molecule has 0 unspecified atom stereocenters. The molecule has 0 fully saturated rings. The van der Waals surface area contributed by atoms with Crippen molar-refractivity contribution >= 4 is 12.1 Å². The first-order chi connectivity index (χ1) is 22.1. The fourth-order valence-corrected chi connectivity index (χ4v) is 15.1. The van der Waals surface area contributed by atoms with Gasteiger partial charge in [0.05, 0.1) is 0 Å². The zero-order valence-corrected chi connectivity index (χ0v) is 32.8. The Balaban J connectivity index is 0.00000225. The summed E-state index contributed by atoms with van der Waals surface area (Å²) in [5, 5.41) is 0. The quantitative estimate of drug-likeness (QED) is 0.239. The molecule has 0 amide bonds. The molecule has 0 bridgehead atoms. The molecular formula is C45H44Cl2Zr. The van der Waals surface area contributed by atoms with Crippen LogP contribution in [0, 0.1) is 0 Å². The molecule has 0 aromatic heterocycles. The normalized spacial score (nSPS) is 13.2. The Kier molecular flexibility index (Phi) is 10.9. The van der Waals surface area contributed by atoms with Crippen molar-refractivity contribution in [3.8, 4) is 11.1 Å². The molecule has 0 saturated heterocycles. The van der Waals surface area contributed by atoms with Crippen LogP contribution in [0.25, 0.3) is 16.7 Å². The van der Waals surface area contributed by atoms with Gasteiger partial charge in [0.15, 0.2) is 0 Å². The molecule has 2 aliphatic rings. The van der Waals surface area contributed by atoms with Crippen molar-refractivity contribution in [2.45, 2.75) is 65.2 Å².